The number of hydrogen-bond donors (Lipinski definition) is 0. The van der Waals surface area contributed by atoms with E-state index in [4.69, 9.17) is 30.8 Å². The van der Waals surface area contributed by atoms with Crippen LogP contribution in [0.2, 0.25) is 5.02 Å². The number of fused-ring (bicyclic) bond motifs is 1. The van der Waals surface area contributed by atoms with Gasteiger partial charge < -0.3 is 23.3 Å². The van der Waals surface area contributed by atoms with E-state index in [1.165, 1.54) is 19.2 Å². The summed E-state index contributed by atoms with van der Waals surface area (Å²) in [7, 11) is 1.37. The summed E-state index contributed by atoms with van der Waals surface area (Å²) in [5.74, 6) is 0.993. The van der Waals surface area contributed by atoms with Gasteiger partial charge in [-0.2, -0.15) is 0 Å². The highest BCUT2D eigenvalue weighted by Crippen LogP contribution is 2.26. The quantitative estimate of drug-likeness (QED) is 0.140. The molecular formula is C34H29ClFN5O4. The average Bonchev–Trinajstić information content (AvgIpc) is 3.65. The van der Waals surface area contributed by atoms with E-state index in [9.17, 15) is 9.18 Å². The summed E-state index contributed by atoms with van der Waals surface area (Å²) in [6.45, 7) is 3.47. The summed E-state index contributed by atoms with van der Waals surface area (Å²) in [6.07, 6.45) is 4.21. The molecule has 0 aliphatic rings. The lowest BCUT2D eigenvalue weighted by molar-refractivity contribution is 0.0601. The predicted molar refractivity (Wildman–Crippen MR) is 167 cm³/mol. The Morgan fingerprint density at radius 3 is 2.62 bits per heavy atom. The van der Waals surface area contributed by atoms with Crippen LogP contribution in [0.25, 0.3) is 11.0 Å². The molecule has 11 heteroatoms. The van der Waals surface area contributed by atoms with Gasteiger partial charge >= 0.3 is 5.97 Å². The zero-order chi connectivity index (χ0) is 31.3. The molecule has 45 heavy (non-hydrogen) atoms. The molecule has 0 spiro atoms. The number of carbonyl (C=O) groups is 1. The molecule has 0 fully saturated rings. The first-order valence-electron chi connectivity index (χ1n) is 14.3. The fourth-order valence-electron chi connectivity index (χ4n) is 4.97. The van der Waals surface area contributed by atoms with Gasteiger partial charge in [-0.15, -0.1) is 0 Å². The number of nitrogens with zero attached hydrogens (tertiary/aromatic N) is 5. The van der Waals surface area contributed by atoms with Gasteiger partial charge in [0.2, 0.25) is 5.88 Å². The molecule has 3 heterocycles. The summed E-state index contributed by atoms with van der Waals surface area (Å²) in [4.78, 5) is 26.0. The Bertz CT molecular complexity index is 1970. The molecule has 0 amide bonds. The number of hydrogen-bond acceptors (Lipinski definition) is 7. The van der Waals surface area contributed by atoms with Crippen LogP contribution in [0.5, 0.6) is 17.4 Å². The van der Waals surface area contributed by atoms with Crippen molar-refractivity contribution >= 4 is 28.6 Å². The number of pyridine rings is 1. The molecule has 0 aliphatic heterocycles. The molecule has 6 rings (SSSR count). The molecule has 3 aromatic heterocycles. The fraction of sp³-hybridized carbons (Fsp3) is 0.176. The van der Waals surface area contributed by atoms with E-state index in [0.29, 0.717) is 40.9 Å². The van der Waals surface area contributed by atoms with Crippen LogP contribution in [0.15, 0.2) is 91.4 Å². The first kappa shape index (κ1) is 29.8. The van der Waals surface area contributed by atoms with Crippen molar-refractivity contribution in [2.45, 2.75) is 33.0 Å². The SMILES string of the molecule is CCn1cncc1Cn1c(Cc2ccc(Oc3cccc(COc4ccc(Cl)cc4F)n3)cc2)nc2ccc(C(=O)OC)cc21. The summed E-state index contributed by atoms with van der Waals surface area (Å²) < 4.78 is 34.8. The monoisotopic (exact) mass is 625 g/mol. The predicted octanol–water partition coefficient (Wildman–Crippen LogP) is 7.24. The lowest BCUT2D eigenvalue weighted by atomic mass is 10.1. The second-order valence-electron chi connectivity index (χ2n) is 10.2. The minimum absolute atomic E-state index is 0.0653. The van der Waals surface area contributed by atoms with Crippen molar-refractivity contribution in [3.63, 3.8) is 0 Å². The Kier molecular flexibility index (Phi) is 8.74. The summed E-state index contributed by atoms with van der Waals surface area (Å²) in [5.41, 5.74) is 4.72. The lowest BCUT2D eigenvalue weighted by Gasteiger charge is -2.12. The van der Waals surface area contributed by atoms with E-state index in [0.717, 1.165) is 34.7 Å². The first-order chi connectivity index (χ1) is 21.9. The Labute approximate surface area is 263 Å². The van der Waals surface area contributed by atoms with Crippen molar-refractivity contribution in [2.75, 3.05) is 7.11 Å². The Hall–Kier alpha value is -5.22. The normalized spacial score (nSPS) is 11.1. The molecule has 0 saturated carbocycles. The largest absolute Gasteiger partial charge is 0.484 e. The van der Waals surface area contributed by atoms with Crippen molar-refractivity contribution in [1.82, 2.24) is 24.1 Å². The molecule has 0 aliphatic carbocycles. The van der Waals surface area contributed by atoms with E-state index >= 15 is 0 Å². The number of aromatic nitrogens is 5. The zero-order valence-corrected chi connectivity index (χ0v) is 25.4. The molecule has 9 nitrogen and oxygen atoms in total. The Morgan fingerprint density at radius 2 is 1.84 bits per heavy atom. The standard InChI is InChI=1S/C34H29ClFN5O4/c1-3-40-21-37-18-26(40)19-41-30-16-23(34(42)43-2)9-13-29(30)39-32(41)15-22-7-11-27(12-8-22)45-33-6-4-5-25(38-33)20-44-31-14-10-24(35)17-28(31)36/h4-14,16-18,21H,3,15,19-20H2,1-2H3. The molecule has 0 N–H and O–H groups in total. The third kappa shape index (κ3) is 6.81. The van der Waals surface area contributed by atoms with Crippen LogP contribution in [0.1, 0.15) is 40.1 Å². The van der Waals surface area contributed by atoms with Crippen molar-refractivity contribution in [2.24, 2.45) is 0 Å². The van der Waals surface area contributed by atoms with E-state index in [1.807, 2.05) is 48.9 Å². The van der Waals surface area contributed by atoms with Gasteiger partial charge in [0.05, 0.1) is 48.0 Å². The van der Waals surface area contributed by atoms with Crippen LogP contribution >= 0.6 is 11.6 Å². The van der Waals surface area contributed by atoms with E-state index in [-0.39, 0.29) is 12.4 Å². The van der Waals surface area contributed by atoms with Crippen molar-refractivity contribution < 1.29 is 23.4 Å². The Morgan fingerprint density at radius 1 is 1.00 bits per heavy atom. The molecule has 228 valence electrons. The molecule has 3 aromatic carbocycles. The van der Waals surface area contributed by atoms with Crippen molar-refractivity contribution in [3.8, 4) is 17.4 Å². The maximum absolute atomic E-state index is 14.1. The third-order valence-electron chi connectivity index (χ3n) is 7.27. The number of methoxy groups -OCH3 is 1. The van der Waals surface area contributed by atoms with Gasteiger partial charge in [-0.1, -0.05) is 29.8 Å². The number of rotatable bonds is 11. The highest BCUT2D eigenvalue weighted by molar-refractivity contribution is 6.30. The molecule has 0 unspecified atom stereocenters. The van der Waals surface area contributed by atoms with Gasteiger partial charge in [-0.25, -0.2) is 24.1 Å². The number of benzene rings is 3. The minimum atomic E-state index is -0.538. The minimum Gasteiger partial charge on any atom is -0.484 e. The molecule has 0 saturated heterocycles. The molecule has 6 aromatic rings. The lowest BCUT2D eigenvalue weighted by Crippen LogP contribution is -2.10. The third-order valence-corrected chi connectivity index (χ3v) is 7.50. The summed E-state index contributed by atoms with van der Waals surface area (Å²) in [5, 5.41) is 0.299. The average molecular weight is 626 g/mol. The summed E-state index contributed by atoms with van der Waals surface area (Å²) >= 11 is 5.82. The van der Waals surface area contributed by atoms with Crippen LogP contribution < -0.4 is 9.47 Å². The van der Waals surface area contributed by atoms with E-state index in [1.54, 1.807) is 30.3 Å². The zero-order valence-electron chi connectivity index (χ0n) is 24.6. The van der Waals surface area contributed by atoms with Gasteiger partial charge in [-0.05, 0) is 67.1 Å². The molecular weight excluding hydrogens is 597 g/mol. The number of esters is 1. The number of imidazole rings is 2. The van der Waals surface area contributed by atoms with Gasteiger partial charge in [0.15, 0.2) is 11.6 Å². The second-order valence-corrected chi connectivity index (χ2v) is 10.7. The molecule has 0 bridgehead atoms. The van der Waals surface area contributed by atoms with Gasteiger partial charge in [-0.3, -0.25) is 0 Å². The second kappa shape index (κ2) is 13.2. The van der Waals surface area contributed by atoms with Gasteiger partial charge in [0.1, 0.15) is 18.2 Å². The fourth-order valence-corrected chi connectivity index (χ4v) is 5.13. The maximum Gasteiger partial charge on any atom is 0.337 e. The Balaban J connectivity index is 1.19. The number of ether oxygens (including phenoxy) is 3. The van der Waals surface area contributed by atoms with Gasteiger partial charge in [0.25, 0.3) is 0 Å². The molecule has 0 atom stereocenters. The first-order valence-corrected chi connectivity index (χ1v) is 14.6. The van der Waals surface area contributed by atoms with E-state index < -0.39 is 11.8 Å². The number of aryl methyl sites for hydroxylation is 1. The van der Waals surface area contributed by atoms with E-state index in [2.05, 4.69) is 26.0 Å². The van der Waals surface area contributed by atoms with Crippen LogP contribution in [-0.4, -0.2) is 37.2 Å². The highest BCUT2D eigenvalue weighted by atomic mass is 35.5. The number of halogens is 2. The maximum atomic E-state index is 14.1. The van der Waals surface area contributed by atoms with Crippen LogP contribution in [0.4, 0.5) is 4.39 Å². The van der Waals surface area contributed by atoms with Crippen LogP contribution in [0.3, 0.4) is 0 Å². The topological polar surface area (TPSA) is 93.3 Å². The highest BCUT2D eigenvalue weighted by Gasteiger charge is 2.16. The van der Waals surface area contributed by atoms with Crippen LogP contribution in [0, 0.1) is 5.82 Å². The summed E-state index contributed by atoms with van der Waals surface area (Å²) in [6, 6.07) is 22.6. The van der Waals surface area contributed by atoms with Gasteiger partial charge in [0, 0.05) is 30.3 Å². The van der Waals surface area contributed by atoms with Crippen LogP contribution in [-0.2, 0) is 30.9 Å². The van der Waals surface area contributed by atoms with Crippen molar-refractivity contribution in [3.05, 3.63) is 131 Å². The molecule has 0 radical (unpaired) electrons. The number of carbonyl (C=O) groups excluding carboxylic acids is 1. The smallest absolute Gasteiger partial charge is 0.337 e. The van der Waals surface area contributed by atoms with Crippen molar-refractivity contribution in [1.29, 1.82) is 0 Å².